The lowest BCUT2D eigenvalue weighted by molar-refractivity contribution is -0.132. The molecule has 3 aliphatic heterocycles. The summed E-state index contributed by atoms with van der Waals surface area (Å²) in [6, 6.07) is 6.72. The summed E-state index contributed by atoms with van der Waals surface area (Å²) in [6.45, 7) is 8.23. The van der Waals surface area contributed by atoms with E-state index in [4.69, 9.17) is 0 Å². The van der Waals surface area contributed by atoms with Crippen LogP contribution in [0.2, 0.25) is 0 Å². The number of carbonyl (C=O) groups excluding carboxylic acids is 2. The Morgan fingerprint density at radius 2 is 1.70 bits per heavy atom. The molecule has 0 bridgehead atoms. The maximum atomic E-state index is 13.1. The number of nitrogens with one attached hydrogen (secondary N) is 1. The topological polar surface area (TPSA) is 79.4 Å². The van der Waals surface area contributed by atoms with E-state index in [0.29, 0.717) is 39.1 Å². The molecule has 8 nitrogen and oxygen atoms in total. The summed E-state index contributed by atoms with van der Waals surface area (Å²) in [5, 5.41) is 14.1. The van der Waals surface area contributed by atoms with Gasteiger partial charge in [0.05, 0.1) is 12.1 Å². The molecule has 3 saturated heterocycles. The van der Waals surface area contributed by atoms with Gasteiger partial charge in [0.1, 0.15) is 5.82 Å². The minimum absolute atomic E-state index is 0.0139. The zero-order valence-corrected chi connectivity index (χ0v) is 19.5. The molecule has 2 N–H and O–H groups in total. The first-order valence-electron chi connectivity index (χ1n) is 12.0. The number of anilines is 1. The van der Waals surface area contributed by atoms with Gasteiger partial charge in [-0.3, -0.25) is 14.5 Å². The molecule has 3 heterocycles. The molecule has 1 unspecified atom stereocenters. The lowest BCUT2D eigenvalue weighted by Crippen LogP contribution is -2.52. The van der Waals surface area contributed by atoms with E-state index in [1.165, 1.54) is 12.1 Å². The Hall–Kier alpha value is -2.23. The number of halogens is 1. The molecular formula is C24H36FN5O3. The van der Waals surface area contributed by atoms with E-state index in [1.807, 2.05) is 4.90 Å². The number of rotatable bonds is 6. The third-order valence-corrected chi connectivity index (χ3v) is 7.11. The van der Waals surface area contributed by atoms with Gasteiger partial charge in [0.15, 0.2) is 0 Å². The summed E-state index contributed by atoms with van der Waals surface area (Å²) in [5.41, 5.74) is 0.191. The van der Waals surface area contributed by atoms with Gasteiger partial charge in [-0.15, -0.1) is 0 Å². The summed E-state index contributed by atoms with van der Waals surface area (Å²) in [7, 11) is 0. The highest BCUT2D eigenvalue weighted by molar-refractivity contribution is 5.78. The minimum Gasteiger partial charge on any atom is -0.387 e. The van der Waals surface area contributed by atoms with Crippen LogP contribution < -0.4 is 10.2 Å². The lowest BCUT2D eigenvalue weighted by Gasteiger charge is -2.37. The molecule has 0 saturated carbocycles. The fraction of sp³-hybridized carbons (Fsp3) is 0.667. The zero-order valence-electron chi connectivity index (χ0n) is 19.5. The fourth-order valence-corrected chi connectivity index (χ4v) is 5.30. The van der Waals surface area contributed by atoms with Crippen molar-refractivity contribution in [1.29, 1.82) is 0 Å². The van der Waals surface area contributed by atoms with Crippen molar-refractivity contribution in [3.63, 3.8) is 0 Å². The normalized spacial score (nSPS) is 25.4. The van der Waals surface area contributed by atoms with Crippen LogP contribution >= 0.6 is 0 Å². The number of amides is 2. The van der Waals surface area contributed by atoms with Gasteiger partial charge >= 0.3 is 0 Å². The van der Waals surface area contributed by atoms with Crippen LogP contribution in [-0.4, -0.2) is 109 Å². The van der Waals surface area contributed by atoms with Crippen LogP contribution in [-0.2, 0) is 9.59 Å². The highest BCUT2D eigenvalue weighted by Gasteiger charge is 2.39. The summed E-state index contributed by atoms with van der Waals surface area (Å²) in [5.74, 6) is -0.123. The van der Waals surface area contributed by atoms with Crippen LogP contribution in [0.5, 0.6) is 0 Å². The molecule has 1 aromatic rings. The standard InChI is InChI=1S/C24H36FN5O3/c1-19(31)26-21-6-9-27(10-7-21)17-24(33)8-11-28(18-24)16-23(32)30-14-12-29(13-15-30)22-4-2-20(25)3-5-22/h2-5,21,33H,6-18H2,1H3,(H,26,31). The zero-order chi connectivity index (χ0) is 23.4. The largest absolute Gasteiger partial charge is 0.387 e. The number of hydrogen-bond donors (Lipinski definition) is 2. The summed E-state index contributed by atoms with van der Waals surface area (Å²) >= 11 is 0. The number of piperidine rings is 1. The molecule has 9 heteroatoms. The molecule has 1 aromatic carbocycles. The number of aliphatic hydroxyl groups is 1. The number of β-amino-alcohol motifs (C(OH)–C–C–N with tert-alkyl or cyclic N) is 1. The van der Waals surface area contributed by atoms with Gasteiger partial charge in [0, 0.05) is 77.6 Å². The SMILES string of the molecule is CC(=O)NC1CCN(CC2(O)CCN(CC(=O)N3CCN(c4ccc(F)cc4)CC3)C2)CC1. The second kappa shape index (κ2) is 10.4. The monoisotopic (exact) mass is 461 g/mol. The number of nitrogens with zero attached hydrogens (tertiary/aromatic N) is 4. The highest BCUT2D eigenvalue weighted by Crippen LogP contribution is 2.24. The predicted molar refractivity (Wildman–Crippen MR) is 124 cm³/mol. The highest BCUT2D eigenvalue weighted by atomic mass is 19.1. The van der Waals surface area contributed by atoms with E-state index in [9.17, 15) is 19.1 Å². The van der Waals surface area contributed by atoms with E-state index >= 15 is 0 Å². The van der Waals surface area contributed by atoms with E-state index in [2.05, 4.69) is 20.0 Å². The molecule has 33 heavy (non-hydrogen) atoms. The Morgan fingerprint density at radius 1 is 1.03 bits per heavy atom. The lowest BCUT2D eigenvalue weighted by atomic mass is 9.99. The molecule has 182 valence electrons. The van der Waals surface area contributed by atoms with Gasteiger partial charge in [-0.1, -0.05) is 0 Å². The molecule has 3 fully saturated rings. The van der Waals surface area contributed by atoms with Crippen molar-refractivity contribution < 1.29 is 19.1 Å². The van der Waals surface area contributed by atoms with E-state index < -0.39 is 5.60 Å². The second-order valence-electron chi connectivity index (χ2n) is 9.78. The smallest absolute Gasteiger partial charge is 0.236 e. The van der Waals surface area contributed by atoms with Crippen LogP contribution in [0.25, 0.3) is 0 Å². The van der Waals surface area contributed by atoms with Gasteiger partial charge in [-0.25, -0.2) is 4.39 Å². The van der Waals surface area contributed by atoms with Crippen LogP contribution in [0.1, 0.15) is 26.2 Å². The van der Waals surface area contributed by atoms with Crippen molar-refractivity contribution in [2.45, 2.75) is 37.8 Å². The third-order valence-electron chi connectivity index (χ3n) is 7.11. The van der Waals surface area contributed by atoms with Crippen molar-refractivity contribution in [2.75, 3.05) is 70.3 Å². The molecule has 3 aliphatic rings. The van der Waals surface area contributed by atoms with Gasteiger partial charge in [0.2, 0.25) is 11.8 Å². The predicted octanol–water partition coefficient (Wildman–Crippen LogP) is 0.512. The average Bonchev–Trinajstić information content (AvgIpc) is 3.15. The molecule has 2 amide bonds. The molecular weight excluding hydrogens is 425 g/mol. The molecule has 0 spiro atoms. The second-order valence-corrected chi connectivity index (χ2v) is 9.78. The van der Waals surface area contributed by atoms with Crippen LogP contribution in [0.3, 0.4) is 0 Å². The molecule has 0 aliphatic carbocycles. The van der Waals surface area contributed by atoms with Crippen molar-refractivity contribution in [1.82, 2.24) is 20.0 Å². The average molecular weight is 462 g/mol. The number of hydrogen-bond acceptors (Lipinski definition) is 6. The van der Waals surface area contributed by atoms with Crippen LogP contribution in [0.15, 0.2) is 24.3 Å². The van der Waals surface area contributed by atoms with Crippen molar-refractivity contribution in [2.24, 2.45) is 0 Å². The van der Waals surface area contributed by atoms with Gasteiger partial charge in [0.25, 0.3) is 0 Å². The Labute approximate surface area is 195 Å². The Bertz CT molecular complexity index is 822. The van der Waals surface area contributed by atoms with E-state index in [1.54, 1.807) is 19.1 Å². The van der Waals surface area contributed by atoms with E-state index in [-0.39, 0.29) is 23.7 Å². The summed E-state index contributed by atoms with van der Waals surface area (Å²) < 4.78 is 13.1. The fourth-order valence-electron chi connectivity index (χ4n) is 5.30. The summed E-state index contributed by atoms with van der Waals surface area (Å²) in [4.78, 5) is 32.5. The third kappa shape index (κ3) is 6.43. The van der Waals surface area contributed by atoms with Crippen LogP contribution in [0.4, 0.5) is 10.1 Å². The van der Waals surface area contributed by atoms with Crippen molar-refractivity contribution >= 4 is 17.5 Å². The summed E-state index contributed by atoms with van der Waals surface area (Å²) in [6.07, 6.45) is 2.48. The Balaban J connectivity index is 1.19. The van der Waals surface area contributed by atoms with Gasteiger partial charge < -0.3 is 25.1 Å². The number of benzene rings is 1. The quantitative estimate of drug-likeness (QED) is 0.643. The first-order valence-corrected chi connectivity index (χ1v) is 12.0. The molecule has 4 rings (SSSR count). The van der Waals surface area contributed by atoms with Crippen molar-refractivity contribution in [3.8, 4) is 0 Å². The minimum atomic E-state index is -0.789. The number of piperazine rings is 1. The number of carbonyl (C=O) groups is 2. The van der Waals surface area contributed by atoms with Gasteiger partial charge in [-0.05, 0) is 43.5 Å². The van der Waals surface area contributed by atoms with E-state index in [0.717, 1.165) is 51.3 Å². The maximum absolute atomic E-state index is 13.1. The molecule has 0 radical (unpaired) electrons. The number of likely N-dealkylation sites (tertiary alicyclic amines) is 2. The first-order chi connectivity index (χ1) is 15.8. The van der Waals surface area contributed by atoms with Crippen LogP contribution in [0, 0.1) is 5.82 Å². The Kier molecular flexibility index (Phi) is 7.51. The molecule has 1 atom stereocenters. The van der Waals surface area contributed by atoms with Gasteiger partial charge in [-0.2, -0.15) is 0 Å². The Morgan fingerprint density at radius 3 is 2.33 bits per heavy atom. The van der Waals surface area contributed by atoms with Crippen molar-refractivity contribution in [3.05, 3.63) is 30.1 Å². The maximum Gasteiger partial charge on any atom is 0.236 e. The molecule has 0 aromatic heterocycles. The first kappa shape index (κ1) is 23.9.